The van der Waals surface area contributed by atoms with Gasteiger partial charge in [0.05, 0.1) is 10.7 Å². The Morgan fingerprint density at radius 2 is 1.89 bits per heavy atom. The van der Waals surface area contributed by atoms with Crippen molar-refractivity contribution in [2.24, 2.45) is 0 Å². The summed E-state index contributed by atoms with van der Waals surface area (Å²) < 4.78 is 5.68. The number of rotatable bonds is 1. The van der Waals surface area contributed by atoms with Crippen molar-refractivity contribution >= 4 is 28.4 Å². The summed E-state index contributed by atoms with van der Waals surface area (Å²) in [5.74, 6) is 0.576. The lowest BCUT2D eigenvalue weighted by Gasteiger charge is -1.95. The van der Waals surface area contributed by atoms with Crippen molar-refractivity contribution < 1.29 is 4.42 Å². The van der Waals surface area contributed by atoms with Crippen molar-refractivity contribution in [3.8, 4) is 11.5 Å². The maximum absolute atomic E-state index is 5.96. The Hall–Kier alpha value is -2.00. The summed E-state index contributed by atoms with van der Waals surface area (Å²) >= 11 is 5.96. The molecule has 0 unspecified atom stereocenters. The van der Waals surface area contributed by atoms with Gasteiger partial charge in [-0.1, -0.05) is 29.3 Å². The number of nitrogens with zero attached hydrogens (tertiary/aromatic N) is 1. The molecule has 2 N–H and O–H groups in total. The first kappa shape index (κ1) is 11.1. The van der Waals surface area contributed by atoms with Gasteiger partial charge in [-0.25, -0.2) is 4.98 Å². The lowest BCUT2D eigenvalue weighted by atomic mass is 10.1. The Labute approximate surface area is 109 Å². The van der Waals surface area contributed by atoms with Gasteiger partial charge in [-0.15, -0.1) is 0 Å². The Bertz CT molecular complexity index is 677. The third-order valence-electron chi connectivity index (χ3n) is 2.81. The highest BCUT2D eigenvalue weighted by molar-refractivity contribution is 6.33. The molecule has 1 heterocycles. The summed E-state index contributed by atoms with van der Waals surface area (Å²) in [5.41, 5.74) is 9.72. The van der Waals surface area contributed by atoms with Gasteiger partial charge < -0.3 is 10.2 Å². The van der Waals surface area contributed by atoms with Crippen molar-refractivity contribution in [1.29, 1.82) is 0 Å². The summed E-state index contributed by atoms with van der Waals surface area (Å²) in [6.45, 7) is 2.04. The highest BCUT2D eigenvalue weighted by atomic mass is 35.5. The van der Waals surface area contributed by atoms with Crippen LogP contribution in [0.4, 0.5) is 5.69 Å². The number of aromatic nitrogens is 1. The zero-order chi connectivity index (χ0) is 12.7. The molecular weight excluding hydrogens is 248 g/mol. The second-order valence-electron chi connectivity index (χ2n) is 4.23. The monoisotopic (exact) mass is 258 g/mol. The number of hydrogen-bond acceptors (Lipinski definition) is 3. The minimum atomic E-state index is 0.492. The second kappa shape index (κ2) is 4.03. The van der Waals surface area contributed by atoms with Crippen LogP contribution in [0.1, 0.15) is 5.56 Å². The van der Waals surface area contributed by atoms with E-state index in [2.05, 4.69) is 4.98 Å². The first-order valence-corrected chi connectivity index (χ1v) is 5.94. The summed E-state index contributed by atoms with van der Waals surface area (Å²) in [4.78, 5) is 4.41. The summed E-state index contributed by atoms with van der Waals surface area (Å²) in [6.07, 6.45) is 0. The number of nitrogens with two attached hydrogens (primary N) is 1. The first-order chi connectivity index (χ1) is 8.63. The van der Waals surface area contributed by atoms with E-state index < -0.39 is 0 Å². The molecule has 0 fully saturated rings. The number of benzene rings is 2. The normalized spacial score (nSPS) is 11.0. The third-order valence-corrected chi connectivity index (χ3v) is 3.13. The van der Waals surface area contributed by atoms with Gasteiger partial charge in [0.2, 0.25) is 5.89 Å². The zero-order valence-corrected chi connectivity index (χ0v) is 10.5. The fraction of sp³-hybridized carbons (Fsp3) is 0.0714. The predicted molar refractivity (Wildman–Crippen MR) is 73.6 cm³/mol. The summed E-state index contributed by atoms with van der Waals surface area (Å²) in [6, 6.07) is 11.4. The molecule has 0 atom stereocenters. The fourth-order valence-corrected chi connectivity index (χ4v) is 1.94. The summed E-state index contributed by atoms with van der Waals surface area (Å²) in [5, 5.41) is 0.492. The van der Waals surface area contributed by atoms with E-state index in [1.165, 1.54) is 5.56 Å². The Morgan fingerprint density at radius 3 is 2.61 bits per heavy atom. The highest BCUT2D eigenvalue weighted by Gasteiger charge is 2.10. The van der Waals surface area contributed by atoms with Gasteiger partial charge in [0, 0.05) is 11.6 Å². The molecule has 0 amide bonds. The van der Waals surface area contributed by atoms with Gasteiger partial charge in [-0.3, -0.25) is 0 Å². The van der Waals surface area contributed by atoms with E-state index in [1.807, 2.05) is 31.2 Å². The maximum Gasteiger partial charge on any atom is 0.227 e. The van der Waals surface area contributed by atoms with Crippen molar-refractivity contribution in [3.05, 3.63) is 47.0 Å². The predicted octanol–water partition coefficient (Wildman–Crippen LogP) is 4.04. The van der Waals surface area contributed by atoms with E-state index in [1.54, 1.807) is 12.1 Å². The SMILES string of the molecule is Cc1ccc(-c2nc3cc(Cl)c(N)cc3o2)cc1. The number of fused-ring (bicyclic) bond motifs is 1. The minimum Gasteiger partial charge on any atom is -0.436 e. The van der Waals surface area contributed by atoms with Gasteiger partial charge in [-0.2, -0.15) is 0 Å². The molecule has 0 bridgehead atoms. The van der Waals surface area contributed by atoms with Crippen LogP contribution in [0.15, 0.2) is 40.8 Å². The largest absolute Gasteiger partial charge is 0.436 e. The van der Waals surface area contributed by atoms with Gasteiger partial charge in [-0.05, 0) is 25.1 Å². The molecule has 90 valence electrons. The molecule has 0 aliphatic heterocycles. The fourth-order valence-electron chi connectivity index (χ4n) is 1.78. The smallest absolute Gasteiger partial charge is 0.227 e. The molecule has 0 saturated heterocycles. The van der Waals surface area contributed by atoms with Crippen LogP contribution < -0.4 is 5.73 Å². The molecule has 2 aromatic carbocycles. The number of halogens is 1. The van der Waals surface area contributed by atoms with Crippen LogP contribution in [0.5, 0.6) is 0 Å². The van der Waals surface area contributed by atoms with Crippen LogP contribution in [-0.2, 0) is 0 Å². The quantitative estimate of drug-likeness (QED) is 0.670. The molecule has 3 aromatic rings. The van der Waals surface area contributed by atoms with Crippen molar-refractivity contribution in [3.63, 3.8) is 0 Å². The molecule has 1 aromatic heterocycles. The first-order valence-electron chi connectivity index (χ1n) is 5.56. The highest BCUT2D eigenvalue weighted by Crippen LogP contribution is 2.29. The van der Waals surface area contributed by atoms with Gasteiger partial charge in [0.25, 0.3) is 0 Å². The van der Waals surface area contributed by atoms with Crippen molar-refractivity contribution in [1.82, 2.24) is 4.98 Å². The van der Waals surface area contributed by atoms with E-state index in [-0.39, 0.29) is 0 Å². The van der Waals surface area contributed by atoms with Crippen LogP contribution in [0.3, 0.4) is 0 Å². The molecule has 4 heteroatoms. The maximum atomic E-state index is 5.96. The minimum absolute atomic E-state index is 0.492. The Kier molecular flexibility index (Phi) is 2.49. The van der Waals surface area contributed by atoms with E-state index in [4.69, 9.17) is 21.8 Å². The third kappa shape index (κ3) is 1.83. The van der Waals surface area contributed by atoms with Crippen LogP contribution in [0.25, 0.3) is 22.6 Å². The van der Waals surface area contributed by atoms with E-state index >= 15 is 0 Å². The number of hydrogen-bond donors (Lipinski definition) is 1. The van der Waals surface area contributed by atoms with Crippen molar-refractivity contribution in [2.45, 2.75) is 6.92 Å². The number of nitrogen functional groups attached to an aromatic ring is 1. The molecule has 0 spiro atoms. The molecule has 0 saturated carbocycles. The van der Waals surface area contributed by atoms with Crippen LogP contribution in [0, 0.1) is 6.92 Å². The molecular formula is C14H11ClN2O. The van der Waals surface area contributed by atoms with Crippen molar-refractivity contribution in [2.75, 3.05) is 5.73 Å². The zero-order valence-electron chi connectivity index (χ0n) is 9.77. The van der Waals surface area contributed by atoms with Crippen LogP contribution in [-0.4, -0.2) is 4.98 Å². The summed E-state index contributed by atoms with van der Waals surface area (Å²) in [7, 11) is 0. The van der Waals surface area contributed by atoms with E-state index in [0.717, 1.165) is 5.56 Å². The van der Waals surface area contributed by atoms with E-state index in [9.17, 15) is 0 Å². The second-order valence-corrected chi connectivity index (χ2v) is 4.63. The van der Waals surface area contributed by atoms with E-state index in [0.29, 0.717) is 27.7 Å². The molecule has 0 aliphatic rings. The van der Waals surface area contributed by atoms with Gasteiger partial charge in [0.15, 0.2) is 5.58 Å². The molecule has 18 heavy (non-hydrogen) atoms. The average molecular weight is 259 g/mol. The standard InChI is InChI=1S/C14H11ClN2O/c1-8-2-4-9(5-3-8)14-17-12-6-10(15)11(16)7-13(12)18-14/h2-7H,16H2,1H3. The number of oxazole rings is 1. The lowest BCUT2D eigenvalue weighted by molar-refractivity contribution is 0.620. The van der Waals surface area contributed by atoms with Gasteiger partial charge >= 0.3 is 0 Å². The molecule has 0 radical (unpaired) electrons. The Morgan fingerprint density at radius 1 is 1.17 bits per heavy atom. The van der Waals surface area contributed by atoms with Gasteiger partial charge in [0.1, 0.15) is 5.52 Å². The molecule has 3 nitrogen and oxygen atoms in total. The topological polar surface area (TPSA) is 52.0 Å². The van der Waals surface area contributed by atoms with Crippen LogP contribution in [0.2, 0.25) is 5.02 Å². The average Bonchev–Trinajstić information content (AvgIpc) is 2.73. The number of aryl methyl sites for hydroxylation is 1. The number of anilines is 1. The molecule has 3 rings (SSSR count). The lowest BCUT2D eigenvalue weighted by Crippen LogP contribution is -1.84. The Balaban J connectivity index is 2.16. The van der Waals surface area contributed by atoms with Crippen LogP contribution >= 0.6 is 11.6 Å². The molecule has 0 aliphatic carbocycles.